The molecule has 15 heavy (non-hydrogen) atoms. The molecule has 0 nitrogen and oxygen atoms in total. The van der Waals surface area contributed by atoms with Gasteiger partial charge in [-0.05, 0) is 31.1 Å². The maximum absolute atomic E-state index is 3.83. The third-order valence-corrected chi connectivity index (χ3v) is 2.37. The van der Waals surface area contributed by atoms with Crippen molar-refractivity contribution in [3.05, 3.63) is 36.5 Å². The van der Waals surface area contributed by atoms with Crippen LogP contribution in [0.1, 0.15) is 47.0 Å². The van der Waals surface area contributed by atoms with E-state index in [0.717, 1.165) is 18.8 Å². The molecule has 0 saturated heterocycles. The lowest BCUT2D eigenvalue weighted by atomic mass is 9.99. The summed E-state index contributed by atoms with van der Waals surface area (Å²) in [4.78, 5) is 0. The number of hydrogen-bond donors (Lipinski definition) is 0. The molecule has 0 amide bonds. The van der Waals surface area contributed by atoms with Crippen LogP contribution >= 0.6 is 0 Å². The molecule has 0 aliphatic heterocycles. The molecule has 1 unspecified atom stereocenters. The molecule has 0 heterocycles. The van der Waals surface area contributed by atoms with Crippen molar-refractivity contribution >= 4 is 0 Å². The molecule has 86 valence electrons. The highest BCUT2D eigenvalue weighted by Gasteiger charge is 1.99. The second kappa shape index (κ2) is 8.52. The first-order chi connectivity index (χ1) is 7.10. The minimum absolute atomic E-state index is 0.575. The average molecular weight is 206 g/mol. The molecule has 0 saturated carbocycles. The molecule has 0 bridgehead atoms. The van der Waals surface area contributed by atoms with Crippen LogP contribution in [0.2, 0.25) is 0 Å². The van der Waals surface area contributed by atoms with Gasteiger partial charge in [0.15, 0.2) is 0 Å². The standard InChI is InChI=1S/C15H26/c1-6-9-15(12-14(5)7-2)11-8-10-13(3)4/h7-9,11,13-14H,2,6,10,12H2,1,3-5H3. The summed E-state index contributed by atoms with van der Waals surface area (Å²) >= 11 is 0. The van der Waals surface area contributed by atoms with Crippen molar-refractivity contribution in [2.24, 2.45) is 11.8 Å². The van der Waals surface area contributed by atoms with Gasteiger partial charge in [-0.2, -0.15) is 0 Å². The molecule has 0 radical (unpaired) electrons. The van der Waals surface area contributed by atoms with Crippen LogP contribution < -0.4 is 0 Å². The zero-order valence-electron chi connectivity index (χ0n) is 10.8. The predicted molar refractivity (Wildman–Crippen MR) is 70.9 cm³/mol. The summed E-state index contributed by atoms with van der Waals surface area (Å²) in [5, 5.41) is 0. The van der Waals surface area contributed by atoms with Crippen LogP contribution in [-0.2, 0) is 0 Å². The molecule has 0 spiro atoms. The molecule has 0 aromatic heterocycles. The van der Waals surface area contributed by atoms with Crippen LogP contribution in [0.15, 0.2) is 36.5 Å². The lowest BCUT2D eigenvalue weighted by molar-refractivity contribution is 0.662. The van der Waals surface area contributed by atoms with Gasteiger partial charge in [0.25, 0.3) is 0 Å². The lowest BCUT2D eigenvalue weighted by Gasteiger charge is -2.07. The highest BCUT2D eigenvalue weighted by Crippen LogP contribution is 2.15. The Labute approximate surface area is 95.8 Å². The lowest BCUT2D eigenvalue weighted by Crippen LogP contribution is -1.91. The Kier molecular flexibility index (Phi) is 8.08. The number of allylic oxidation sites excluding steroid dienone is 5. The molecular weight excluding hydrogens is 180 g/mol. The van der Waals surface area contributed by atoms with Crippen molar-refractivity contribution in [1.82, 2.24) is 0 Å². The van der Waals surface area contributed by atoms with Gasteiger partial charge >= 0.3 is 0 Å². The third kappa shape index (κ3) is 8.23. The Morgan fingerprint density at radius 3 is 2.40 bits per heavy atom. The van der Waals surface area contributed by atoms with Crippen molar-refractivity contribution < 1.29 is 0 Å². The Morgan fingerprint density at radius 2 is 1.93 bits per heavy atom. The van der Waals surface area contributed by atoms with E-state index in [1.807, 2.05) is 6.08 Å². The van der Waals surface area contributed by atoms with E-state index in [9.17, 15) is 0 Å². The zero-order chi connectivity index (χ0) is 11.7. The first-order valence-electron chi connectivity index (χ1n) is 6.08. The number of hydrogen-bond acceptors (Lipinski definition) is 0. The average Bonchev–Trinajstić information content (AvgIpc) is 2.17. The van der Waals surface area contributed by atoms with Crippen molar-refractivity contribution in [2.75, 3.05) is 0 Å². The summed E-state index contributed by atoms with van der Waals surface area (Å²) in [7, 11) is 0. The maximum Gasteiger partial charge on any atom is -0.0222 e. The van der Waals surface area contributed by atoms with Crippen LogP contribution in [0.25, 0.3) is 0 Å². The van der Waals surface area contributed by atoms with Crippen molar-refractivity contribution in [2.45, 2.75) is 47.0 Å². The molecule has 0 heteroatoms. The minimum Gasteiger partial charge on any atom is -0.103 e. The zero-order valence-corrected chi connectivity index (χ0v) is 10.8. The van der Waals surface area contributed by atoms with Gasteiger partial charge in [0.1, 0.15) is 0 Å². The molecule has 0 aliphatic rings. The highest BCUT2D eigenvalue weighted by atomic mass is 14.0. The summed E-state index contributed by atoms with van der Waals surface area (Å²) in [5.41, 5.74) is 1.45. The summed E-state index contributed by atoms with van der Waals surface area (Å²) < 4.78 is 0. The van der Waals surface area contributed by atoms with E-state index in [2.05, 4.69) is 52.5 Å². The van der Waals surface area contributed by atoms with Crippen LogP contribution in [-0.4, -0.2) is 0 Å². The fourth-order valence-corrected chi connectivity index (χ4v) is 1.43. The van der Waals surface area contributed by atoms with E-state index in [0.29, 0.717) is 5.92 Å². The second-order valence-electron chi connectivity index (χ2n) is 4.64. The fourth-order valence-electron chi connectivity index (χ4n) is 1.43. The van der Waals surface area contributed by atoms with E-state index in [-0.39, 0.29) is 0 Å². The number of rotatable bonds is 7. The quantitative estimate of drug-likeness (QED) is 0.400. The van der Waals surface area contributed by atoms with Gasteiger partial charge in [0, 0.05) is 0 Å². The SMILES string of the molecule is C=CC(C)CC(C=CCC(C)C)=CCC. The van der Waals surface area contributed by atoms with E-state index >= 15 is 0 Å². The molecule has 1 atom stereocenters. The van der Waals surface area contributed by atoms with Gasteiger partial charge in [0.05, 0.1) is 0 Å². The molecular formula is C15H26. The molecule has 0 N–H and O–H groups in total. The summed E-state index contributed by atoms with van der Waals surface area (Å²) in [6.45, 7) is 12.7. The largest absolute Gasteiger partial charge is 0.103 e. The monoisotopic (exact) mass is 206 g/mol. The van der Waals surface area contributed by atoms with Crippen molar-refractivity contribution in [1.29, 1.82) is 0 Å². The predicted octanol–water partition coefficient (Wildman–Crippen LogP) is 5.14. The summed E-state index contributed by atoms with van der Waals surface area (Å²) in [6, 6.07) is 0. The van der Waals surface area contributed by atoms with Crippen molar-refractivity contribution in [3.63, 3.8) is 0 Å². The fraction of sp³-hybridized carbons (Fsp3) is 0.600. The maximum atomic E-state index is 3.83. The molecule has 0 rings (SSSR count). The van der Waals surface area contributed by atoms with E-state index in [1.165, 1.54) is 12.0 Å². The first-order valence-corrected chi connectivity index (χ1v) is 6.08. The normalized spacial score (nSPS) is 14.9. The Hall–Kier alpha value is -0.780. The summed E-state index contributed by atoms with van der Waals surface area (Å²) in [5.74, 6) is 1.33. The Balaban J connectivity index is 4.22. The van der Waals surface area contributed by atoms with Gasteiger partial charge < -0.3 is 0 Å². The molecule has 0 aromatic carbocycles. The Bertz CT molecular complexity index is 218. The van der Waals surface area contributed by atoms with Gasteiger partial charge in [-0.3, -0.25) is 0 Å². The van der Waals surface area contributed by atoms with Gasteiger partial charge in [-0.15, -0.1) is 6.58 Å². The highest BCUT2D eigenvalue weighted by molar-refractivity contribution is 5.19. The molecule has 0 fully saturated rings. The van der Waals surface area contributed by atoms with E-state index in [1.54, 1.807) is 0 Å². The van der Waals surface area contributed by atoms with Crippen LogP contribution in [0.5, 0.6) is 0 Å². The van der Waals surface area contributed by atoms with Crippen LogP contribution in [0.3, 0.4) is 0 Å². The van der Waals surface area contributed by atoms with Crippen LogP contribution in [0.4, 0.5) is 0 Å². The van der Waals surface area contributed by atoms with Gasteiger partial charge in [0.2, 0.25) is 0 Å². The molecule has 0 aromatic rings. The van der Waals surface area contributed by atoms with Crippen molar-refractivity contribution in [3.8, 4) is 0 Å². The first kappa shape index (κ1) is 14.2. The van der Waals surface area contributed by atoms with Crippen LogP contribution in [0, 0.1) is 11.8 Å². The van der Waals surface area contributed by atoms with E-state index < -0.39 is 0 Å². The smallest absolute Gasteiger partial charge is 0.0222 e. The second-order valence-corrected chi connectivity index (χ2v) is 4.64. The molecule has 0 aliphatic carbocycles. The minimum atomic E-state index is 0.575. The third-order valence-electron chi connectivity index (χ3n) is 2.37. The summed E-state index contributed by atoms with van der Waals surface area (Å²) in [6.07, 6.45) is 12.3. The Morgan fingerprint density at radius 1 is 1.27 bits per heavy atom. The topological polar surface area (TPSA) is 0 Å². The van der Waals surface area contributed by atoms with E-state index in [4.69, 9.17) is 0 Å². The van der Waals surface area contributed by atoms with Gasteiger partial charge in [-0.1, -0.05) is 57.6 Å². The van der Waals surface area contributed by atoms with Gasteiger partial charge in [-0.25, -0.2) is 0 Å².